The van der Waals surface area contributed by atoms with Crippen LogP contribution in [-0.2, 0) is 9.53 Å². The molecule has 7 nitrogen and oxygen atoms in total. The van der Waals surface area contributed by atoms with Crippen molar-refractivity contribution >= 4 is 57.6 Å². The maximum Gasteiger partial charge on any atom is 0.434 e. The minimum absolute atomic E-state index is 0.0105. The maximum absolute atomic E-state index is 14.2. The predicted molar refractivity (Wildman–Crippen MR) is 140 cm³/mol. The van der Waals surface area contributed by atoms with Crippen LogP contribution in [-0.4, -0.2) is 35.5 Å². The quantitative estimate of drug-likeness (QED) is 0.325. The Balaban J connectivity index is 2.06. The molecule has 1 aliphatic heterocycles. The van der Waals surface area contributed by atoms with E-state index in [1.54, 1.807) is 12.1 Å². The van der Waals surface area contributed by atoms with Crippen molar-refractivity contribution in [3.63, 3.8) is 0 Å². The van der Waals surface area contributed by atoms with Gasteiger partial charge in [-0.3, -0.25) is 9.36 Å². The molecule has 194 valence electrons. The van der Waals surface area contributed by atoms with Crippen LogP contribution in [0.5, 0.6) is 11.5 Å². The van der Waals surface area contributed by atoms with E-state index in [2.05, 4.69) is 4.99 Å². The first kappa shape index (κ1) is 27.2. The topological polar surface area (TPSA) is 90.1 Å². The summed E-state index contributed by atoms with van der Waals surface area (Å²) in [4.78, 5) is 29.9. The average Bonchev–Trinajstić information content (AvgIpc) is 3.15. The van der Waals surface area contributed by atoms with Gasteiger partial charge in [0.25, 0.3) is 5.56 Å². The van der Waals surface area contributed by atoms with Crippen molar-refractivity contribution in [3.05, 3.63) is 87.1 Å². The van der Waals surface area contributed by atoms with Crippen LogP contribution in [0.3, 0.4) is 0 Å². The molecule has 13 heteroatoms. The number of hydrogen-bond acceptors (Lipinski definition) is 7. The molecule has 0 fully saturated rings. The highest BCUT2D eigenvalue weighted by Crippen LogP contribution is 2.38. The number of aromatic hydroxyl groups is 1. The summed E-state index contributed by atoms with van der Waals surface area (Å²) in [6.07, 6.45) is -3.67. The molecule has 0 spiro atoms. The Hall–Kier alpha value is -2.84. The molecule has 1 atom stereocenters. The third-order valence-electron chi connectivity index (χ3n) is 5.36. The largest absolute Gasteiger partial charge is 0.504 e. The number of allylic oxidation sites excluding steroid dienone is 1. The SMILES string of the molecule is CCOC(=O)C1=C(C(F)(F)F)N=c2s/c(=C\c3cc(I)cc(OC)c3O)c(=O)n2[C@H]1c1ccc(Cl)cc1. The van der Waals surface area contributed by atoms with E-state index < -0.39 is 35.0 Å². The van der Waals surface area contributed by atoms with Crippen LogP contribution in [0.4, 0.5) is 13.2 Å². The van der Waals surface area contributed by atoms with E-state index in [0.29, 0.717) is 19.9 Å². The Morgan fingerprint density at radius 2 is 1.97 bits per heavy atom. The number of methoxy groups -OCH3 is 1. The van der Waals surface area contributed by atoms with Crippen LogP contribution in [0.15, 0.2) is 57.5 Å². The minimum atomic E-state index is -5.01. The number of halogens is 5. The van der Waals surface area contributed by atoms with Gasteiger partial charge >= 0.3 is 12.1 Å². The number of phenols is 1. The summed E-state index contributed by atoms with van der Waals surface area (Å²) in [5.74, 6) is -1.33. The Morgan fingerprint density at radius 1 is 1.30 bits per heavy atom. The van der Waals surface area contributed by atoms with Crippen molar-refractivity contribution in [2.45, 2.75) is 19.1 Å². The number of esters is 1. The first-order chi connectivity index (χ1) is 17.5. The lowest BCUT2D eigenvalue weighted by molar-refractivity contribution is -0.140. The van der Waals surface area contributed by atoms with Gasteiger partial charge in [-0.15, -0.1) is 0 Å². The molecule has 1 aliphatic rings. The average molecular weight is 665 g/mol. The molecule has 4 rings (SSSR count). The van der Waals surface area contributed by atoms with E-state index in [1.165, 1.54) is 44.4 Å². The standard InChI is InChI=1S/C24H17ClF3IN2O5S/c1-3-36-22(34)17-18(11-4-6-13(25)7-5-11)31-21(33)16(37-23(31)30-20(17)24(26,27)28)9-12-8-14(29)10-15(35-2)19(12)32/h4-10,18,32H,3H2,1-2H3/b16-9-/t18-/m0/s1. The summed E-state index contributed by atoms with van der Waals surface area (Å²) in [7, 11) is 1.37. The lowest BCUT2D eigenvalue weighted by Crippen LogP contribution is -2.41. The fraction of sp³-hybridized carbons (Fsp3) is 0.208. The summed E-state index contributed by atoms with van der Waals surface area (Å²) >= 11 is 8.66. The molecule has 2 heterocycles. The summed E-state index contributed by atoms with van der Waals surface area (Å²) in [6.45, 7) is 1.28. The number of rotatable bonds is 5. The van der Waals surface area contributed by atoms with Gasteiger partial charge in [-0.1, -0.05) is 35.1 Å². The fourth-order valence-corrected chi connectivity index (χ4v) is 5.54. The van der Waals surface area contributed by atoms with Gasteiger partial charge in [0, 0.05) is 14.2 Å². The van der Waals surface area contributed by atoms with Crippen LogP contribution in [0.2, 0.25) is 5.02 Å². The highest BCUT2D eigenvalue weighted by atomic mass is 127. The Labute approximate surface area is 230 Å². The molecule has 3 aromatic rings. The second-order valence-electron chi connectivity index (χ2n) is 7.66. The lowest BCUT2D eigenvalue weighted by atomic mass is 9.95. The first-order valence-electron chi connectivity index (χ1n) is 10.6. The number of carbonyl (C=O) groups excluding carboxylic acids is 1. The van der Waals surface area contributed by atoms with E-state index in [4.69, 9.17) is 21.1 Å². The van der Waals surface area contributed by atoms with Crippen molar-refractivity contribution in [3.8, 4) is 11.5 Å². The maximum atomic E-state index is 14.2. The van der Waals surface area contributed by atoms with Crippen molar-refractivity contribution in [1.29, 1.82) is 0 Å². The molecule has 0 saturated heterocycles. The summed E-state index contributed by atoms with van der Waals surface area (Å²) in [5.41, 5.74) is -2.54. The molecule has 0 saturated carbocycles. The number of carbonyl (C=O) groups is 1. The molecular formula is C24H17ClF3IN2O5S. The Bertz CT molecular complexity index is 1600. The number of nitrogens with zero attached hydrogens (tertiary/aromatic N) is 2. The van der Waals surface area contributed by atoms with Gasteiger partial charge in [0.1, 0.15) is 0 Å². The van der Waals surface area contributed by atoms with E-state index in [-0.39, 0.29) is 38.6 Å². The zero-order chi connectivity index (χ0) is 27.1. The van der Waals surface area contributed by atoms with Crippen LogP contribution in [0.1, 0.15) is 24.1 Å². The predicted octanol–water partition coefficient (Wildman–Crippen LogP) is 4.31. The summed E-state index contributed by atoms with van der Waals surface area (Å²) in [6, 6.07) is 7.43. The van der Waals surface area contributed by atoms with Crippen LogP contribution < -0.4 is 19.6 Å². The van der Waals surface area contributed by atoms with Crippen molar-refractivity contribution in [2.75, 3.05) is 13.7 Å². The third kappa shape index (κ3) is 5.27. The van der Waals surface area contributed by atoms with E-state index in [0.717, 1.165) is 4.57 Å². The number of ether oxygens (including phenoxy) is 2. The van der Waals surface area contributed by atoms with Crippen molar-refractivity contribution < 1.29 is 32.5 Å². The van der Waals surface area contributed by atoms with Gasteiger partial charge in [-0.05, 0) is 65.4 Å². The highest BCUT2D eigenvalue weighted by molar-refractivity contribution is 14.1. The minimum Gasteiger partial charge on any atom is -0.504 e. The summed E-state index contributed by atoms with van der Waals surface area (Å²) in [5, 5.41) is 10.8. The second kappa shape index (κ2) is 10.5. The van der Waals surface area contributed by atoms with Gasteiger partial charge in [-0.2, -0.15) is 13.2 Å². The molecule has 0 aliphatic carbocycles. The van der Waals surface area contributed by atoms with Gasteiger partial charge in [-0.25, -0.2) is 9.79 Å². The molecule has 1 N–H and O–H groups in total. The van der Waals surface area contributed by atoms with Gasteiger partial charge in [0.2, 0.25) is 0 Å². The smallest absolute Gasteiger partial charge is 0.434 e. The Kier molecular flexibility index (Phi) is 7.72. The van der Waals surface area contributed by atoms with Crippen LogP contribution in [0, 0.1) is 3.57 Å². The molecule has 37 heavy (non-hydrogen) atoms. The molecule has 2 aromatic carbocycles. The fourth-order valence-electron chi connectivity index (χ4n) is 3.80. The second-order valence-corrected chi connectivity index (χ2v) is 10.4. The first-order valence-corrected chi connectivity index (χ1v) is 12.9. The van der Waals surface area contributed by atoms with Crippen LogP contribution >= 0.6 is 45.5 Å². The number of phenolic OH excluding ortho intramolecular Hbond substituents is 1. The van der Waals surface area contributed by atoms with E-state index in [9.17, 15) is 27.9 Å². The monoisotopic (exact) mass is 664 g/mol. The van der Waals surface area contributed by atoms with Crippen molar-refractivity contribution in [2.24, 2.45) is 4.99 Å². The normalized spacial score (nSPS) is 15.9. The molecule has 0 amide bonds. The number of hydrogen-bond donors (Lipinski definition) is 1. The number of fused-ring (bicyclic) bond motifs is 1. The van der Waals surface area contributed by atoms with Crippen molar-refractivity contribution in [1.82, 2.24) is 4.57 Å². The highest BCUT2D eigenvalue weighted by Gasteiger charge is 2.45. The van der Waals surface area contributed by atoms with E-state index in [1.807, 2.05) is 22.6 Å². The van der Waals surface area contributed by atoms with Gasteiger partial charge in [0.15, 0.2) is 22.0 Å². The Morgan fingerprint density at radius 3 is 2.57 bits per heavy atom. The molecule has 0 unspecified atom stereocenters. The third-order valence-corrected chi connectivity index (χ3v) is 7.21. The number of aromatic nitrogens is 1. The molecular weight excluding hydrogens is 648 g/mol. The van der Waals surface area contributed by atoms with Crippen LogP contribution in [0.25, 0.3) is 6.08 Å². The lowest BCUT2D eigenvalue weighted by Gasteiger charge is -2.26. The van der Waals surface area contributed by atoms with Gasteiger partial charge < -0.3 is 14.6 Å². The zero-order valence-electron chi connectivity index (χ0n) is 19.1. The zero-order valence-corrected chi connectivity index (χ0v) is 22.8. The number of thiazole rings is 1. The summed E-state index contributed by atoms with van der Waals surface area (Å²) < 4.78 is 54.3. The molecule has 0 radical (unpaired) electrons. The van der Waals surface area contributed by atoms with Gasteiger partial charge in [0.05, 0.1) is 29.9 Å². The molecule has 0 bridgehead atoms. The number of alkyl halides is 3. The molecule has 1 aromatic heterocycles. The number of benzene rings is 2. The van der Waals surface area contributed by atoms with E-state index >= 15 is 0 Å².